The molecule has 0 radical (unpaired) electrons. The van der Waals surface area contributed by atoms with Gasteiger partial charge in [-0.2, -0.15) is 0 Å². The summed E-state index contributed by atoms with van der Waals surface area (Å²) in [5, 5.41) is 9.70. The summed E-state index contributed by atoms with van der Waals surface area (Å²) >= 11 is 0. The lowest BCUT2D eigenvalue weighted by atomic mass is 10.0. The molecule has 0 saturated heterocycles. The summed E-state index contributed by atoms with van der Waals surface area (Å²) in [4.78, 5) is 24.6. The van der Waals surface area contributed by atoms with Gasteiger partial charge in [0.05, 0.1) is 6.61 Å². The van der Waals surface area contributed by atoms with E-state index in [2.05, 4.69) is 62.5 Å². The van der Waals surface area contributed by atoms with Crippen LogP contribution in [-0.2, 0) is 19.1 Å². The second-order valence-electron chi connectivity index (χ2n) is 23.2. The summed E-state index contributed by atoms with van der Waals surface area (Å²) in [6.45, 7) is 4.09. The Morgan fingerprint density at radius 3 is 0.855 bits per heavy atom. The van der Waals surface area contributed by atoms with Crippen molar-refractivity contribution >= 4 is 11.9 Å². The van der Waals surface area contributed by atoms with Gasteiger partial charge in [-0.3, -0.25) is 9.59 Å². The van der Waals surface area contributed by atoms with Crippen LogP contribution >= 0.6 is 0 Å². The highest BCUT2D eigenvalue weighted by atomic mass is 16.6. The van der Waals surface area contributed by atoms with Crippen molar-refractivity contribution in [3.05, 3.63) is 48.6 Å². The van der Waals surface area contributed by atoms with Crippen molar-refractivity contribution < 1.29 is 24.2 Å². The molecule has 5 heteroatoms. The van der Waals surface area contributed by atoms with Gasteiger partial charge in [0.15, 0.2) is 6.10 Å². The summed E-state index contributed by atoms with van der Waals surface area (Å²) in [6.07, 6.45) is 90.0. The van der Waals surface area contributed by atoms with E-state index in [0.29, 0.717) is 12.8 Å². The zero-order valence-corrected chi connectivity index (χ0v) is 51.3. The molecule has 0 saturated carbocycles. The van der Waals surface area contributed by atoms with Gasteiger partial charge < -0.3 is 14.6 Å². The van der Waals surface area contributed by atoms with E-state index in [1.54, 1.807) is 0 Å². The average molecular weight is 1070 g/mol. The van der Waals surface area contributed by atoms with Crippen molar-refractivity contribution in [2.24, 2.45) is 0 Å². The maximum Gasteiger partial charge on any atom is 0.306 e. The first-order valence-corrected chi connectivity index (χ1v) is 34.2. The number of carbonyl (C=O) groups is 2. The summed E-state index contributed by atoms with van der Waals surface area (Å²) in [5.74, 6) is -0.567. The maximum atomic E-state index is 12.4. The SMILES string of the molecule is CC/C=C\C/C=C\C/C=C\C/C=C\CCCCCCCCCCCCCCCCCCCCC(=O)OC(CO)COC(=O)CCCCCCCCCCCCCCCCCCCCCCCCCCCCCCCCC. The monoisotopic (exact) mass is 1070 g/mol. The molecule has 0 aromatic rings. The van der Waals surface area contributed by atoms with Gasteiger partial charge in [-0.1, -0.05) is 358 Å². The Kier molecular flexibility index (Phi) is 65.2. The zero-order valence-electron chi connectivity index (χ0n) is 51.3. The van der Waals surface area contributed by atoms with Gasteiger partial charge in [-0.05, 0) is 51.4 Å². The van der Waals surface area contributed by atoms with Gasteiger partial charge in [0.25, 0.3) is 0 Å². The number of ether oxygens (including phenoxy) is 2. The first-order valence-electron chi connectivity index (χ1n) is 34.2. The lowest BCUT2D eigenvalue weighted by molar-refractivity contribution is -0.161. The number of allylic oxidation sites excluding steroid dienone is 8. The quantitative estimate of drug-likeness (QED) is 0.0373. The van der Waals surface area contributed by atoms with Crippen molar-refractivity contribution in [3.8, 4) is 0 Å². The van der Waals surface area contributed by atoms with Crippen molar-refractivity contribution in [3.63, 3.8) is 0 Å². The lowest BCUT2D eigenvalue weighted by Gasteiger charge is -2.15. The fraction of sp³-hybridized carbons (Fsp3) is 0.859. The molecule has 1 atom stereocenters. The molecule has 0 aliphatic rings. The Balaban J connectivity index is 3.39. The van der Waals surface area contributed by atoms with E-state index in [4.69, 9.17) is 9.47 Å². The smallest absolute Gasteiger partial charge is 0.306 e. The normalized spacial score (nSPS) is 12.4. The fourth-order valence-corrected chi connectivity index (χ4v) is 10.6. The predicted molar refractivity (Wildman–Crippen MR) is 334 cm³/mol. The van der Waals surface area contributed by atoms with Gasteiger partial charge in [0.1, 0.15) is 6.61 Å². The molecule has 0 rings (SSSR count). The van der Waals surface area contributed by atoms with E-state index in [-0.39, 0.29) is 25.2 Å². The zero-order chi connectivity index (χ0) is 54.8. The molecule has 0 heterocycles. The van der Waals surface area contributed by atoms with Crippen molar-refractivity contribution in [2.75, 3.05) is 13.2 Å². The van der Waals surface area contributed by atoms with E-state index in [1.807, 2.05) is 0 Å². The van der Waals surface area contributed by atoms with Crippen molar-refractivity contribution in [1.82, 2.24) is 0 Å². The molecular formula is C71H132O5. The molecule has 0 amide bonds. The average Bonchev–Trinajstić information content (AvgIpc) is 3.42. The molecule has 0 aromatic heterocycles. The molecule has 5 nitrogen and oxygen atoms in total. The molecule has 76 heavy (non-hydrogen) atoms. The molecule has 446 valence electrons. The Hall–Kier alpha value is -2.14. The number of aliphatic hydroxyl groups is 1. The third kappa shape index (κ3) is 64.4. The van der Waals surface area contributed by atoms with Crippen LogP contribution in [0.15, 0.2) is 48.6 Å². The van der Waals surface area contributed by atoms with E-state index >= 15 is 0 Å². The minimum atomic E-state index is -0.771. The predicted octanol–water partition coefficient (Wildman–Crippen LogP) is 23.5. The molecule has 0 bridgehead atoms. The topological polar surface area (TPSA) is 72.8 Å². The molecule has 0 aliphatic heterocycles. The highest BCUT2D eigenvalue weighted by Gasteiger charge is 2.16. The van der Waals surface area contributed by atoms with Crippen LogP contribution in [0.25, 0.3) is 0 Å². The van der Waals surface area contributed by atoms with Crippen LogP contribution in [0.2, 0.25) is 0 Å². The minimum Gasteiger partial charge on any atom is -0.462 e. The van der Waals surface area contributed by atoms with E-state index in [0.717, 1.165) is 57.8 Å². The number of hydrogen-bond donors (Lipinski definition) is 1. The Morgan fingerprint density at radius 1 is 0.316 bits per heavy atom. The summed E-state index contributed by atoms with van der Waals surface area (Å²) in [5.41, 5.74) is 0. The first kappa shape index (κ1) is 73.9. The Morgan fingerprint density at radius 2 is 0.566 bits per heavy atom. The first-order chi connectivity index (χ1) is 37.6. The molecule has 0 aliphatic carbocycles. The third-order valence-corrected chi connectivity index (χ3v) is 15.6. The van der Waals surface area contributed by atoms with Crippen LogP contribution in [0.4, 0.5) is 0 Å². The minimum absolute atomic E-state index is 0.0599. The number of esters is 2. The molecule has 0 fully saturated rings. The van der Waals surface area contributed by atoms with Crippen LogP contribution in [0.5, 0.6) is 0 Å². The second-order valence-corrected chi connectivity index (χ2v) is 23.2. The number of unbranched alkanes of at least 4 members (excludes halogenated alkanes) is 48. The highest BCUT2D eigenvalue weighted by molar-refractivity contribution is 5.70. The van der Waals surface area contributed by atoms with Crippen LogP contribution in [0.1, 0.15) is 373 Å². The summed E-state index contributed by atoms with van der Waals surface area (Å²) in [7, 11) is 0. The van der Waals surface area contributed by atoms with Crippen molar-refractivity contribution in [2.45, 2.75) is 380 Å². The molecule has 1 N–H and O–H groups in total. The maximum absolute atomic E-state index is 12.4. The van der Waals surface area contributed by atoms with Gasteiger partial charge in [-0.25, -0.2) is 0 Å². The van der Waals surface area contributed by atoms with Crippen LogP contribution in [0, 0.1) is 0 Å². The molecule has 1 unspecified atom stereocenters. The standard InChI is InChI=1S/C71H132O5/c1-3-5-7-9-11-13-15-17-19-21-23-25-27-29-31-33-35-37-39-41-43-45-47-49-51-53-55-57-59-61-63-65-70(73)75-68-69(67-72)76-71(74)66-64-62-60-58-56-54-52-50-48-46-44-42-40-38-36-34-32-30-28-26-24-22-20-18-16-14-12-10-8-6-4-2/h6,8,12,14,18,20,24,26,69,72H,3-5,7,9-11,13,15-17,19,21-23,25,27-68H2,1-2H3/b8-6-,14-12-,20-18-,26-24-. The number of rotatable bonds is 64. The molecular weight excluding hydrogens is 933 g/mol. The van der Waals surface area contributed by atoms with Crippen LogP contribution in [-0.4, -0.2) is 36.4 Å². The molecule has 0 spiro atoms. The van der Waals surface area contributed by atoms with Gasteiger partial charge in [0, 0.05) is 12.8 Å². The second kappa shape index (κ2) is 67.1. The lowest BCUT2D eigenvalue weighted by Crippen LogP contribution is -2.28. The number of aliphatic hydroxyl groups excluding tert-OH is 1. The summed E-state index contributed by atoms with van der Waals surface area (Å²) in [6, 6.07) is 0. The van der Waals surface area contributed by atoms with Gasteiger partial charge in [0.2, 0.25) is 0 Å². The number of hydrogen-bond acceptors (Lipinski definition) is 5. The van der Waals surface area contributed by atoms with Crippen molar-refractivity contribution in [1.29, 1.82) is 0 Å². The Bertz CT molecular complexity index is 1250. The fourth-order valence-electron chi connectivity index (χ4n) is 10.6. The Labute approximate surface area is 475 Å². The number of carbonyl (C=O) groups excluding carboxylic acids is 2. The summed E-state index contributed by atoms with van der Waals surface area (Å²) < 4.78 is 10.8. The van der Waals surface area contributed by atoms with Gasteiger partial charge in [-0.15, -0.1) is 0 Å². The van der Waals surface area contributed by atoms with E-state index < -0.39 is 6.10 Å². The van der Waals surface area contributed by atoms with E-state index in [9.17, 15) is 14.7 Å². The van der Waals surface area contributed by atoms with E-state index in [1.165, 1.54) is 289 Å². The third-order valence-electron chi connectivity index (χ3n) is 15.6. The highest BCUT2D eigenvalue weighted by Crippen LogP contribution is 2.19. The molecule has 0 aromatic carbocycles. The van der Waals surface area contributed by atoms with Crippen LogP contribution < -0.4 is 0 Å². The van der Waals surface area contributed by atoms with Crippen LogP contribution in [0.3, 0.4) is 0 Å². The largest absolute Gasteiger partial charge is 0.462 e. The van der Waals surface area contributed by atoms with Gasteiger partial charge >= 0.3 is 11.9 Å².